The van der Waals surface area contributed by atoms with Crippen LogP contribution >= 0.6 is 0 Å². The lowest BCUT2D eigenvalue weighted by atomic mass is 9.72. The van der Waals surface area contributed by atoms with Gasteiger partial charge < -0.3 is 0 Å². The molecule has 0 aliphatic heterocycles. The van der Waals surface area contributed by atoms with E-state index in [1.165, 1.54) is 19.3 Å². The van der Waals surface area contributed by atoms with Crippen LogP contribution in [0.4, 0.5) is 0 Å². The molecule has 2 saturated carbocycles. The molecule has 0 bridgehead atoms. The van der Waals surface area contributed by atoms with Gasteiger partial charge in [0.15, 0.2) is 0 Å². The zero-order chi connectivity index (χ0) is 11.2. The smallest absolute Gasteiger partial charge is 0.0149 e. The molecule has 0 aromatic carbocycles. The van der Waals surface area contributed by atoms with Gasteiger partial charge in [-0.3, -0.25) is 0 Å². The van der Waals surface area contributed by atoms with Gasteiger partial charge in [0.25, 0.3) is 0 Å². The van der Waals surface area contributed by atoms with Crippen LogP contribution in [0.1, 0.15) is 53.9 Å². The molecule has 2 fully saturated rings. The predicted molar refractivity (Wildman–Crippen MR) is 66.7 cm³/mol. The van der Waals surface area contributed by atoms with Gasteiger partial charge in [-0.25, -0.2) is 0 Å². The third kappa shape index (κ3) is 1.57. The Kier molecular flexibility index (Phi) is 2.73. The number of fused-ring (bicyclic) bond motifs is 1. The minimum absolute atomic E-state index is 0.548. The summed E-state index contributed by atoms with van der Waals surface area (Å²) in [5, 5.41) is 0. The van der Waals surface area contributed by atoms with Crippen LogP contribution in [0, 0.1) is 29.1 Å². The summed E-state index contributed by atoms with van der Waals surface area (Å²) in [6, 6.07) is 0. The Morgan fingerprint density at radius 1 is 1.27 bits per heavy atom. The number of hydrogen-bond acceptors (Lipinski definition) is 0. The molecule has 15 heavy (non-hydrogen) atoms. The fourth-order valence-electron chi connectivity index (χ4n) is 4.40. The van der Waals surface area contributed by atoms with Gasteiger partial charge in [0, 0.05) is 0 Å². The van der Waals surface area contributed by atoms with E-state index in [0.29, 0.717) is 5.41 Å². The van der Waals surface area contributed by atoms with E-state index in [-0.39, 0.29) is 0 Å². The Labute approximate surface area is 95.1 Å². The van der Waals surface area contributed by atoms with Crippen LogP contribution < -0.4 is 0 Å². The monoisotopic (exact) mass is 206 g/mol. The second kappa shape index (κ2) is 3.64. The summed E-state index contributed by atoms with van der Waals surface area (Å²) < 4.78 is 0. The van der Waals surface area contributed by atoms with Gasteiger partial charge >= 0.3 is 0 Å². The predicted octanol–water partition coefficient (Wildman–Crippen LogP) is 4.66. The van der Waals surface area contributed by atoms with E-state index < -0.39 is 0 Å². The molecule has 86 valence electrons. The maximum atomic E-state index is 2.51. The van der Waals surface area contributed by atoms with E-state index in [0.717, 1.165) is 23.7 Å². The SMILES string of the molecule is C/C=C(/C)C1CC2[C@H](C)CC[C@H]2C1(C)C. The van der Waals surface area contributed by atoms with Crippen molar-refractivity contribution in [3.05, 3.63) is 11.6 Å². The van der Waals surface area contributed by atoms with Crippen molar-refractivity contribution in [2.45, 2.75) is 53.9 Å². The fraction of sp³-hybridized carbons (Fsp3) is 0.867. The highest BCUT2D eigenvalue weighted by Gasteiger charge is 2.52. The summed E-state index contributed by atoms with van der Waals surface area (Å²) in [7, 11) is 0. The van der Waals surface area contributed by atoms with Crippen molar-refractivity contribution in [1.29, 1.82) is 0 Å². The normalized spacial score (nSPS) is 44.5. The van der Waals surface area contributed by atoms with Crippen LogP contribution in [0.15, 0.2) is 11.6 Å². The molecule has 0 amide bonds. The molecule has 0 N–H and O–H groups in total. The van der Waals surface area contributed by atoms with E-state index in [1.807, 2.05) is 0 Å². The number of rotatable bonds is 1. The zero-order valence-corrected chi connectivity index (χ0v) is 11.0. The largest absolute Gasteiger partial charge is 0.0884 e. The van der Waals surface area contributed by atoms with Crippen LogP contribution in [0.25, 0.3) is 0 Å². The average molecular weight is 206 g/mol. The number of allylic oxidation sites excluding steroid dienone is 2. The Balaban J connectivity index is 2.25. The highest BCUT2D eigenvalue weighted by atomic mass is 14.6. The van der Waals surface area contributed by atoms with E-state index in [2.05, 4.69) is 40.7 Å². The first-order valence-corrected chi connectivity index (χ1v) is 6.61. The third-order valence-electron chi connectivity index (χ3n) is 5.55. The van der Waals surface area contributed by atoms with Crippen molar-refractivity contribution in [3.63, 3.8) is 0 Å². The topological polar surface area (TPSA) is 0 Å². The minimum atomic E-state index is 0.548. The second-order valence-corrected chi connectivity index (χ2v) is 6.47. The molecule has 0 nitrogen and oxygen atoms in total. The molecule has 4 atom stereocenters. The quantitative estimate of drug-likeness (QED) is 0.547. The van der Waals surface area contributed by atoms with E-state index in [9.17, 15) is 0 Å². The van der Waals surface area contributed by atoms with Gasteiger partial charge in [-0.2, -0.15) is 0 Å². The van der Waals surface area contributed by atoms with Crippen molar-refractivity contribution in [1.82, 2.24) is 0 Å². The van der Waals surface area contributed by atoms with Crippen molar-refractivity contribution in [2.75, 3.05) is 0 Å². The summed E-state index contributed by atoms with van der Waals surface area (Å²) in [6.45, 7) is 12.0. The zero-order valence-electron chi connectivity index (χ0n) is 11.0. The maximum absolute atomic E-state index is 2.51. The molecular weight excluding hydrogens is 180 g/mol. The average Bonchev–Trinajstić information content (AvgIpc) is 2.66. The Bertz CT molecular complexity index is 272. The molecule has 0 radical (unpaired) electrons. The van der Waals surface area contributed by atoms with Crippen molar-refractivity contribution in [3.8, 4) is 0 Å². The lowest BCUT2D eigenvalue weighted by Crippen LogP contribution is -2.25. The summed E-state index contributed by atoms with van der Waals surface area (Å²) in [6.07, 6.45) is 6.74. The first-order chi connectivity index (χ1) is 6.98. The highest BCUT2D eigenvalue weighted by Crippen LogP contribution is 2.60. The molecule has 0 spiro atoms. The van der Waals surface area contributed by atoms with E-state index in [1.54, 1.807) is 5.57 Å². The van der Waals surface area contributed by atoms with Crippen LogP contribution in [-0.2, 0) is 0 Å². The van der Waals surface area contributed by atoms with Gasteiger partial charge in [-0.05, 0) is 55.8 Å². The van der Waals surface area contributed by atoms with Gasteiger partial charge in [-0.15, -0.1) is 0 Å². The molecule has 0 heteroatoms. The standard InChI is InChI=1S/C15H26/c1-6-10(2)14-9-12-11(3)7-8-13(12)15(14,4)5/h6,11-14H,7-9H2,1-5H3/b10-6-/t11-,12?,13-,14?/m1/s1. The van der Waals surface area contributed by atoms with Gasteiger partial charge in [0.05, 0.1) is 0 Å². The molecule has 2 aliphatic rings. The molecule has 2 rings (SSSR count). The highest BCUT2D eigenvalue weighted by molar-refractivity contribution is 5.14. The lowest BCUT2D eigenvalue weighted by Gasteiger charge is -2.33. The van der Waals surface area contributed by atoms with E-state index >= 15 is 0 Å². The summed E-state index contributed by atoms with van der Waals surface area (Å²) in [5.41, 5.74) is 2.17. The maximum Gasteiger partial charge on any atom is -0.0149 e. The first-order valence-electron chi connectivity index (χ1n) is 6.61. The van der Waals surface area contributed by atoms with Crippen LogP contribution in [-0.4, -0.2) is 0 Å². The summed E-state index contributed by atoms with van der Waals surface area (Å²) in [4.78, 5) is 0. The van der Waals surface area contributed by atoms with Crippen LogP contribution in [0.3, 0.4) is 0 Å². The Hall–Kier alpha value is -0.260. The molecule has 2 unspecified atom stereocenters. The Morgan fingerprint density at radius 3 is 2.47 bits per heavy atom. The molecule has 0 saturated heterocycles. The van der Waals surface area contributed by atoms with Crippen molar-refractivity contribution < 1.29 is 0 Å². The van der Waals surface area contributed by atoms with Crippen molar-refractivity contribution in [2.24, 2.45) is 29.1 Å². The minimum Gasteiger partial charge on any atom is -0.0884 e. The van der Waals surface area contributed by atoms with Crippen LogP contribution in [0.5, 0.6) is 0 Å². The number of hydrogen-bond donors (Lipinski definition) is 0. The molecule has 0 heterocycles. The van der Waals surface area contributed by atoms with E-state index in [4.69, 9.17) is 0 Å². The molecule has 0 aromatic heterocycles. The fourth-order valence-corrected chi connectivity index (χ4v) is 4.40. The van der Waals surface area contributed by atoms with Gasteiger partial charge in [0.2, 0.25) is 0 Å². The first kappa shape index (κ1) is 11.2. The Morgan fingerprint density at radius 2 is 1.93 bits per heavy atom. The van der Waals surface area contributed by atoms with Gasteiger partial charge in [0.1, 0.15) is 0 Å². The summed E-state index contributed by atoms with van der Waals surface area (Å²) in [5.74, 6) is 3.83. The van der Waals surface area contributed by atoms with Crippen molar-refractivity contribution >= 4 is 0 Å². The second-order valence-electron chi connectivity index (χ2n) is 6.47. The van der Waals surface area contributed by atoms with Crippen LogP contribution in [0.2, 0.25) is 0 Å². The lowest BCUT2D eigenvalue weighted by molar-refractivity contribution is 0.196. The summed E-state index contributed by atoms with van der Waals surface area (Å²) >= 11 is 0. The molecular formula is C15H26. The van der Waals surface area contributed by atoms with Gasteiger partial charge in [-0.1, -0.05) is 38.8 Å². The molecule has 2 aliphatic carbocycles. The molecule has 0 aromatic rings. The third-order valence-corrected chi connectivity index (χ3v) is 5.55.